The van der Waals surface area contributed by atoms with Gasteiger partial charge in [0, 0.05) is 25.0 Å². The minimum Gasteiger partial charge on any atom is -0.352 e. The van der Waals surface area contributed by atoms with E-state index in [1.165, 1.54) is 10.4 Å². The molecule has 8 nitrogen and oxygen atoms in total. The summed E-state index contributed by atoms with van der Waals surface area (Å²) in [5.41, 5.74) is 0. The van der Waals surface area contributed by atoms with Gasteiger partial charge < -0.3 is 5.32 Å². The molecule has 26 heavy (non-hydrogen) atoms. The van der Waals surface area contributed by atoms with Gasteiger partial charge in [-0.3, -0.25) is 4.79 Å². The van der Waals surface area contributed by atoms with Gasteiger partial charge >= 0.3 is 0 Å². The zero-order valence-electron chi connectivity index (χ0n) is 14.5. The third kappa shape index (κ3) is 4.74. The normalized spacial score (nSPS) is 19.5. The van der Waals surface area contributed by atoms with Crippen LogP contribution >= 0.6 is 11.6 Å². The summed E-state index contributed by atoms with van der Waals surface area (Å²) in [6.45, 7) is 3.86. The van der Waals surface area contributed by atoms with E-state index in [1.807, 2.05) is 0 Å². The molecule has 1 aromatic rings. The molecule has 1 atom stereocenters. The number of nitrogens with two attached hydrogens (primary N) is 1. The number of nitrogens with zero attached hydrogens (tertiary/aromatic N) is 1. The van der Waals surface area contributed by atoms with Gasteiger partial charge in [-0.1, -0.05) is 25.4 Å². The molecule has 0 saturated carbocycles. The van der Waals surface area contributed by atoms with Crippen LogP contribution in [0.5, 0.6) is 0 Å². The highest BCUT2D eigenvalue weighted by atomic mass is 35.5. The summed E-state index contributed by atoms with van der Waals surface area (Å²) in [5, 5.41) is 7.81. The van der Waals surface area contributed by atoms with Crippen LogP contribution in [-0.2, 0) is 24.8 Å². The summed E-state index contributed by atoms with van der Waals surface area (Å²) in [6.07, 6.45) is 1.23. The average molecular weight is 424 g/mol. The maximum Gasteiger partial charge on any atom is 0.244 e. The van der Waals surface area contributed by atoms with Gasteiger partial charge in [-0.15, -0.1) is 0 Å². The fourth-order valence-electron chi connectivity index (χ4n) is 2.64. The summed E-state index contributed by atoms with van der Waals surface area (Å²) in [7, 11) is -8.10. The maximum atomic E-state index is 12.9. The number of hydrogen-bond donors (Lipinski definition) is 2. The molecule has 1 heterocycles. The van der Waals surface area contributed by atoms with E-state index in [-0.39, 0.29) is 45.8 Å². The Morgan fingerprint density at radius 3 is 2.54 bits per heavy atom. The van der Waals surface area contributed by atoms with E-state index in [1.54, 1.807) is 13.8 Å². The fourth-order valence-corrected chi connectivity index (χ4v) is 5.28. The minimum atomic E-state index is -4.07. The Bertz CT molecular complexity index is 900. The van der Waals surface area contributed by atoms with Gasteiger partial charge in [-0.05, 0) is 31.0 Å². The first kappa shape index (κ1) is 21.1. The van der Waals surface area contributed by atoms with Crippen LogP contribution in [0.1, 0.15) is 26.7 Å². The van der Waals surface area contributed by atoms with Crippen LogP contribution in [0.3, 0.4) is 0 Å². The van der Waals surface area contributed by atoms with Crippen LogP contribution in [0.4, 0.5) is 0 Å². The van der Waals surface area contributed by atoms with Crippen LogP contribution in [0.15, 0.2) is 28.0 Å². The summed E-state index contributed by atoms with van der Waals surface area (Å²) >= 11 is 6.00. The first-order valence-corrected chi connectivity index (χ1v) is 11.4. The summed E-state index contributed by atoms with van der Waals surface area (Å²) < 4.78 is 50.1. The van der Waals surface area contributed by atoms with E-state index in [0.29, 0.717) is 12.8 Å². The smallest absolute Gasteiger partial charge is 0.244 e. The molecule has 3 N–H and O–H groups in total. The Hall–Kier alpha value is -1.20. The average Bonchev–Trinajstić information content (AvgIpc) is 2.54. The van der Waals surface area contributed by atoms with E-state index in [4.69, 9.17) is 16.7 Å². The molecule has 146 valence electrons. The number of rotatable bonds is 5. The molecule has 1 saturated heterocycles. The Morgan fingerprint density at radius 1 is 1.31 bits per heavy atom. The van der Waals surface area contributed by atoms with Crippen molar-refractivity contribution in [1.29, 1.82) is 0 Å². The molecule has 1 fully saturated rings. The van der Waals surface area contributed by atoms with Gasteiger partial charge in [-0.2, -0.15) is 4.31 Å². The van der Waals surface area contributed by atoms with Gasteiger partial charge in [0.05, 0.1) is 9.92 Å². The largest absolute Gasteiger partial charge is 0.352 e. The Labute approximate surface area is 158 Å². The minimum absolute atomic E-state index is 0.0919. The van der Waals surface area contributed by atoms with Crippen LogP contribution in [0, 0.1) is 5.92 Å². The topological polar surface area (TPSA) is 127 Å². The number of hydrogen-bond acceptors (Lipinski definition) is 5. The number of carbonyl (C=O) groups is 1. The molecule has 0 bridgehead atoms. The first-order valence-electron chi connectivity index (χ1n) is 8.06. The quantitative estimate of drug-likeness (QED) is 0.727. The van der Waals surface area contributed by atoms with Crippen molar-refractivity contribution in [2.24, 2.45) is 11.1 Å². The number of halogens is 1. The van der Waals surface area contributed by atoms with Gasteiger partial charge in [0.25, 0.3) is 0 Å². The monoisotopic (exact) mass is 423 g/mol. The lowest BCUT2D eigenvalue weighted by Gasteiger charge is -2.33. The zero-order valence-corrected chi connectivity index (χ0v) is 16.9. The van der Waals surface area contributed by atoms with Crippen molar-refractivity contribution in [2.75, 3.05) is 13.1 Å². The SMILES string of the molecule is CC(C)C(=O)NC1CCCN(S(=O)(=O)c2cc(S(N)(=O)=O)ccc2Cl)C1. The molecule has 0 spiro atoms. The van der Waals surface area contributed by atoms with Crippen molar-refractivity contribution in [3.63, 3.8) is 0 Å². The van der Waals surface area contributed by atoms with E-state index < -0.39 is 20.0 Å². The predicted molar refractivity (Wildman–Crippen MR) is 97.6 cm³/mol. The molecule has 1 aromatic carbocycles. The molecule has 1 unspecified atom stereocenters. The molecule has 11 heteroatoms. The maximum absolute atomic E-state index is 12.9. The van der Waals surface area contributed by atoms with Crippen LogP contribution in [-0.4, -0.2) is 46.2 Å². The number of carbonyl (C=O) groups excluding carboxylic acids is 1. The van der Waals surface area contributed by atoms with Gasteiger partial charge in [0.15, 0.2) is 0 Å². The standard InChI is InChI=1S/C15H22ClN3O5S2/c1-10(2)15(20)18-11-4-3-7-19(9-11)26(23,24)14-8-12(25(17,21)22)5-6-13(14)16/h5-6,8,10-11H,3-4,7,9H2,1-2H3,(H,18,20)(H2,17,21,22). The van der Waals surface area contributed by atoms with E-state index in [9.17, 15) is 21.6 Å². The van der Waals surface area contributed by atoms with Crippen molar-refractivity contribution in [3.8, 4) is 0 Å². The molecular formula is C15H22ClN3O5S2. The predicted octanol–water partition coefficient (Wildman–Crippen LogP) is 0.913. The lowest BCUT2D eigenvalue weighted by Crippen LogP contribution is -2.50. The summed E-state index contributed by atoms with van der Waals surface area (Å²) in [5.74, 6) is -0.355. The Kier molecular flexibility index (Phi) is 6.34. The summed E-state index contributed by atoms with van der Waals surface area (Å²) in [4.78, 5) is 11.2. The second-order valence-corrected chi connectivity index (χ2v) is 10.4. The lowest BCUT2D eigenvalue weighted by molar-refractivity contribution is -0.124. The number of primary sulfonamides is 1. The second-order valence-electron chi connectivity index (χ2n) is 6.50. The highest BCUT2D eigenvalue weighted by molar-refractivity contribution is 7.90. The Morgan fingerprint density at radius 2 is 1.96 bits per heavy atom. The number of sulfonamides is 2. The van der Waals surface area contributed by atoms with Crippen molar-refractivity contribution in [3.05, 3.63) is 23.2 Å². The lowest BCUT2D eigenvalue weighted by atomic mass is 10.1. The number of amides is 1. The molecule has 1 aliphatic rings. The van der Waals surface area contributed by atoms with Crippen LogP contribution in [0.2, 0.25) is 5.02 Å². The first-order chi connectivity index (χ1) is 11.9. The van der Waals surface area contributed by atoms with Gasteiger partial charge in [-0.25, -0.2) is 22.0 Å². The molecule has 1 aliphatic heterocycles. The molecule has 1 amide bonds. The van der Waals surface area contributed by atoms with Crippen LogP contribution in [0.25, 0.3) is 0 Å². The Balaban J connectivity index is 2.31. The molecule has 0 radical (unpaired) electrons. The third-order valence-electron chi connectivity index (χ3n) is 4.10. The van der Waals surface area contributed by atoms with Crippen LogP contribution < -0.4 is 10.5 Å². The third-order valence-corrected chi connectivity index (χ3v) is 7.36. The van der Waals surface area contributed by atoms with E-state index >= 15 is 0 Å². The number of nitrogens with one attached hydrogen (secondary N) is 1. The number of piperidine rings is 1. The van der Waals surface area contributed by atoms with Crippen molar-refractivity contribution in [1.82, 2.24) is 9.62 Å². The van der Waals surface area contributed by atoms with Crippen molar-refractivity contribution < 1.29 is 21.6 Å². The highest BCUT2D eigenvalue weighted by Gasteiger charge is 2.33. The van der Waals surface area contributed by atoms with Crippen molar-refractivity contribution in [2.45, 2.75) is 42.5 Å². The molecule has 0 aliphatic carbocycles. The second kappa shape index (κ2) is 7.81. The number of benzene rings is 1. The van der Waals surface area contributed by atoms with E-state index in [2.05, 4.69) is 5.32 Å². The highest BCUT2D eigenvalue weighted by Crippen LogP contribution is 2.29. The zero-order chi connectivity index (χ0) is 19.7. The molecule has 2 rings (SSSR count). The van der Waals surface area contributed by atoms with E-state index in [0.717, 1.165) is 12.1 Å². The van der Waals surface area contributed by atoms with Gasteiger partial charge in [0.1, 0.15) is 4.90 Å². The van der Waals surface area contributed by atoms with Crippen molar-refractivity contribution >= 4 is 37.6 Å². The summed E-state index contributed by atoms with van der Waals surface area (Å²) in [6, 6.07) is 2.99. The van der Waals surface area contributed by atoms with Gasteiger partial charge in [0.2, 0.25) is 26.0 Å². The fraction of sp³-hybridized carbons (Fsp3) is 0.533. The molecule has 0 aromatic heterocycles. The molecular weight excluding hydrogens is 402 g/mol.